The van der Waals surface area contributed by atoms with Crippen molar-refractivity contribution in [1.82, 2.24) is 9.88 Å². The van der Waals surface area contributed by atoms with E-state index >= 15 is 0 Å². The zero-order valence-electron chi connectivity index (χ0n) is 14.4. The number of nitrogens with zero attached hydrogens (tertiary/aromatic N) is 3. The summed E-state index contributed by atoms with van der Waals surface area (Å²) in [6.07, 6.45) is 1.49. The second-order valence-electron chi connectivity index (χ2n) is 6.21. The topological polar surface area (TPSA) is 66.7 Å². The molecule has 26 heavy (non-hydrogen) atoms. The van der Waals surface area contributed by atoms with Crippen LogP contribution in [0.5, 0.6) is 0 Å². The van der Waals surface area contributed by atoms with Crippen LogP contribution in [0.3, 0.4) is 0 Å². The maximum atomic E-state index is 12.8. The summed E-state index contributed by atoms with van der Waals surface area (Å²) in [5, 5.41) is 1.94. The first-order chi connectivity index (χ1) is 12.5. The molecule has 1 saturated heterocycles. The lowest BCUT2D eigenvalue weighted by Gasteiger charge is -2.19. The normalized spacial score (nSPS) is 17.4. The van der Waals surface area contributed by atoms with Crippen LogP contribution in [0.4, 0.5) is 10.5 Å². The molecule has 0 N–H and O–H groups in total. The smallest absolute Gasteiger partial charge is 0.332 e. The number of benzene rings is 1. The first-order valence-corrected chi connectivity index (χ1v) is 9.12. The van der Waals surface area contributed by atoms with Gasteiger partial charge in [-0.2, -0.15) is 0 Å². The number of anilines is 1. The van der Waals surface area contributed by atoms with Crippen molar-refractivity contribution in [3.05, 3.63) is 59.3 Å². The fourth-order valence-corrected chi connectivity index (χ4v) is 3.62. The number of carbonyl (C=O) groups is 2. The summed E-state index contributed by atoms with van der Waals surface area (Å²) in [6.45, 7) is 3.81. The van der Waals surface area contributed by atoms with Gasteiger partial charge >= 0.3 is 6.03 Å². The van der Waals surface area contributed by atoms with Gasteiger partial charge in [-0.15, -0.1) is 11.3 Å². The number of aryl methyl sites for hydroxylation is 1. The van der Waals surface area contributed by atoms with Gasteiger partial charge in [0.1, 0.15) is 12.3 Å². The zero-order valence-corrected chi connectivity index (χ0v) is 15.2. The minimum atomic E-state index is -0.547. The van der Waals surface area contributed by atoms with E-state index in [4.69, 9.17) is 4.42 Å². The van der Waals surface area contributed by atoms with Crippen LogP contribution in [0, 0.1) is 6.92 Å². The summed E-state index contributed by atoms with van der Waals surface area (Å²) in [6, 6.07) is 10.5. The lowest BCUT2D eigenvalue weighted by atomic mass is 10.2. The van der Waals surface area contributed by atoms with Crippen molar-refractivity contribution in [3.8, 4) is 10.8 Å². The fourth-order valence-electron chi connectivity index (χ4n) is 2.97. The van der Waals surface area contributed by atoms with Crippen LogP contribution in [-0.4, -0.2) is 27.9 Å². The number of aromatic nitrogens is 1. The highest BCUT2D eigenvalue weighted by Crippen LogP contribution is 2.28. The lowest BCUT2D eigenvalue weighted by molar-refractivity contribution is -0.127. The van der Waals surface area contributed by atoms with Gasteiger partial charge in [0.2, 0.25) is 5.89 Å². The van der Waals surface area contributed by atoms with Gasteiger partial charge in [0, 0.05) is 5.69 Å². The van der Waals surface area contributed by atoms with Crippen molar-refractivity contribution in [3.63, 3.8) is 0 Å². The number of rotatable bonds is 4. The highest BCUT2D eigenvalue weighted by molar-refractivity contribution is 7.13. The molecule has 3 heterocycles. The third-order valence-corrected chi connectivity index (χ3v) is 5.22. The maximum Gasteiger partial charge on any atom is 0.332 e. The molecule has 0 radical (unpaired) electrons. The first-order valence-electron chi connectivity index (χ1n) is 8.24. The maximum absolute atomic E-state index is 12.8. The molecule has 0 bridgehead atoms. The molecule has 4 rings (SSSR count). The summed E-state index contributed by atoms with van der Waals surface area (Å²) in [4.78, 5) is 33.5. The molecular weight excluding hydrogens is 350 g/mol. The molecule has 0 saturated carbocycles. The number of urea groups is 1. The number of hydrogen-bond acceptors (Lipinski definition) is 5. The van der Waals surface area contributed by atoms with Gasteiger partial charge in [0.25, 0.3) is 5.91 Å². The molecule has 1 fully saturated rings. The highest BCUT2D eigenvalue weighted by atomic mass is 32.1. The quantitative estimate of drug-likeness (QED) is 0.652. The van der Waals surface area contributed by atoms with E-state index in [1.54, 1.807) is 6.92 Å². The summed E-state index contributed by atoms with van der Waals surface area (Å²) < 4.78 is 5.48. The molecule has 1 aliphatic heterocycles. The molecule has 2 aromatic heterocycles. The second-order valence-corrected chi connectivity index (χ2v) is 7.16. The zero-order chi connectivity index (χ0) is 18.3. The number of carbonyl (C=O) groups excluding carboxylic acids is 2. The van der Waals surface area contributed by atoms with Crippen molar-refractivity contribution in [1.29, 1.82) is 0 Å². The minimum absolute atomic E-state index is 0.0965. The SMILES string of the molecule is Cc1ccc(N2C(=O)N(Cc3coc(-c4cccs4)n3)C(=O)[C@@H]2C)cc1. The Morgan fingerprint density at radius 3 is 2.65 bits per heavy atom. The summed E-state index contributed by atoms with van der Waals surface area (Å²) in [7, 11) is 0. The molecule has 0 unspecified atom stereocenters. The Morgan fingerprint density at radius 1 is 1.19 bits per heavy atom. The van der Waals surface area contributed by atoms with Crippen molar-refractivity contribution < 1.29 is 14.0 Å². The van der Waals surface area contributed by atoms with Gasteiger partial charge in [-0.3, -0.25) is 14.6 Å². The van der Waals surface area contributed by atoms with Gasteiger partial charge in [-0.1, -0.05) is 23.8 Å². The molecule has 1 aromatic carbocycles. The average molecular weight is 367 g/mol. The second kappa shape index (κ2) is 6.42. The van der Waals surface area contributed by atoms with Crippen molar-refractivity contribution in [2.75, 3.05) is 4.90 Å². The predicted octanol–water partition coefficient (Wildman–Crippen LogP) is 4.07. The Morgan fingerprint density at radius 2 is 1.96 bits per heavy atom. The predicted molar refractivity (Wildman–Crippen MR) is 98.9 cm³/mol. The van der Waals surface area contributed by atoms with Gasteiger partial charge < -0.3 is 4.42 Å². The van der Waals surface area contributed by atoms with Gasteiger partial charge in [-0.05, 0) is 37.4 Å². The number of thiophene rings is 1. The fraction of sp³-hybridized carbons (Fsp3) is 0.211. The lowest BCUT2D eigenvalue weighted by Crippen LogP contribution is -2.33. The summed E-state index contributed by atoms with van der Waals surface area (Å²) in [5.74, 6) is 0.258. The Bertz CT molecular complexity index is 947. The average Bonchev–Trinajstić information content (AvgIpc) is 3.35. The van der Waals surface area contributed by atoms with E-state index in [1.807, 2.05) is 48.7 Å². The van der Waals surface area contributed by atoms with Crippen LogP contribution in [0.15, 0.2) is 52.5 Å². The Labute approximate surface area is 154 Å². The Hall–Kier alpha value is -2.93. The number of imide groups is 1. The van der Waals surface area contributed by atoms with E-state index in [2.05, 4.69) is 4.98 Å². The summed E-state index contributed by atoms with van der Waals surface area (Å²) in [5.41, 5.74) is 2.36. The van der Waals surface area contributed by atoms with E-state index in [0.29, 0.717) is 17.3 Å². The molecule has 1 atom stereocenters. The molecule has 0 aliphatic carbocycles. The van der Waals surface area contributed by atoms with Crippen molar-refractivity contribution >= 4 is 29.0 Å². The molecule has 6 nitrogen and oxygen atoms in total. The van der Waals surface area contributed by atoms with Crippen LogP contribution in [0.2, 0.25) is 0 Å². The first kappa shape index (κ1) is 16.5. The third-order valence-electron chi connectivity index (χ3n) is 4.36. The standard InChI is InChI=1S/C19H17N3O3S/c1-12-5-7-15(8-6-12)22-13(2)18(23)21(19(22)24)10-14-11-25-17(20-14)16-4-3-9-26-16/h3-9,11,13H,10H2,1-2H3/t13-/m0/s1. The minimum Gasteiger partial charge on any atom is -0.443 e. The highest BCUT2D eigenvalue weighted by Gasteiger charge is 2.43. The molecule has 132 valence electrons. The molecule has 3 amide bonds. The largest absolute Gasteiger partial charge is 0.443 e. The van der Waals surface area contributed by atoms with E-state index in [9.17, 15) is 9.59 Å². The molecule has 0 spiro atoms. The number of oxazole rings is 1. The third kappa shape index (κ3) is 2.80. The van der Waals surface area contributed by atoms with Gasteiger partial charge in [0.05, 0.1) is 17.1 Å². The van der Waals surface area contributed by atoms with E-state index in [1.165, 1.54) is 27.4 Å². The van der Waals surface area contributed by atoms with Gasteiger partial charge in [0.15, 0.2) is 0 Å². The van der Waals surface area contributed by atoms with E-state index in [0.717, 1.165) is 10.4 Å². The van der Waals surface area contributed by atoms with Crippen molar-refractivity contribution in [2.24, 2.45) is 0 Å². The van der Waals surface area contributed by atoms with Crippen LogP contribution in [0.1, 0.15) is 18.2 Å². The Balaban J connectivity index is 1.56. The van der Waals surface area contributed by atoms with Gasteiger partial charge in [-0.25, -0.2) is 9.78 Å². The monoisotopic (exact) mass is 367 g/mol. The molecule has 1 aliphatic rings. The van der Waals surface area contributed by atoms with Crippen LogP contribution >= 0.6 is 11.3 Å². The number of hydrogen-bond donors (Lipinski definition) is 0. The van der Waals surface area contributed by atoms with Crippen LogP contribution < -0.4 is 4.90 Å². The van der Waals surface area contributed by atoms with Crippen molar-refractivity contribution in [2.45, 2.75) is 26.4 Å². The molecule has 3 aromatic rings. The van der Waals surface area contributed by atoms with Crippen LogP contribution in [0.25, 0.3) is 10.8 Å². The summed E-state index contributed by atoms with van der Waals surface area (Å²) >= 11 is 1.52. The molecular formula is C19H17N3O3S. The molecule has 7 heteroatoms. The number of amides is 3. The Kier molecular flexibility index (Phi) is 4.08. The van der Waals surface area contributed by atoms with E-state index in [-0.39, 0.29) is 18.5 Å². The van der Waals surface area contributed by atoms with E-state index < -0.39 is 6.04 Å². The van der Waals surface area contributed by atoms with Crippen LogP contribution in [-0.2, 0) is 11.3 Å².